The molecule has 0 unspecified atom stereocenters. The van der Waals surface area contributed by atoms with Gasteiger partial charge in [-0.1, -0.05) is 41.6 Å². The number of rotatable bonds is 6. The van der Waals surface area contributed by atoms with Crippen LogP contribution in [0.5, 0.6) is 5.75 Å². The fraction of sp³-hybridized carbons (Fsp3) is 0.0909. The van der Waals surface area contributed by atoms with Crippen molar-refractivity contribution in [2.75, 3.05) is 7.11 Å². The third-order valence-corrected chi connectivity index (χ3v) is 6.76. The number of ether oxygens (including phenoxy) is 1. The fourth-order valence-corrected chi connectivity index (χ4v) is 5.02. The molecule has 0 radical (unpaired) electrons. The Balaban J connectivity index is 1.36. The molecule has 7 nitrogen and oxygen atoms in total. The summed E-state index contributed by atoms with van der Waals surface area (Å²) in [7, 11) is 1.61. The van der Waals surface area contributed by atoms with Crippen LogP contribution in [0, 0.1) is 0 Å². The van der Waals surface area contributed by atoms with Gasteiger partial charge in [0.2, 0.25) is 5.89 Å². The molecule has 0 aliphatic carbocycles. The predicted molar refractivity (Wildman–Crippen MR) is 127 cm³/mol. The highest BCUT2D eigenvalue weighted by Gasteiger charge is 2.16. The summed E-state index contributed by atoms with van der Waals surface area (Å²) in [6, 6.07) is 14.8. The van der Waals surface area contributed by atoms with Gasteiger partial charge in [0.25, 0.3) is 10.8 Å². The van der Waals surface area contributed by atoms with E-state index in [0.29, 0.717) is 37.9 Å². The summed E-state index contributed by atoms with van der Waals surface area (Å²) in [6.45, 7) is 0. The molecule has 0 fully saturated rings. The Kier molecular flexibility index (Phi) is 5.69. The van der Waals surface area contributed by atoms with Gasteiger partial charge in [0, 0.05) is 27.1 Å². The molecule has 0 atom stereocenters. The van der Waals surface area contributed by atoms with E-state index in [-0.39, 0.29) is 5.56 Å². The average Bonchev–Trinajstić information content (AvgIpc) is 3.46. The molecule has 10 heteroatoms. The lowest BCUT2D eigenvalue weighted by molar-refractivity contribution is 0.414. The van der Waals surface area contributed by atoms with E-state index >= 15 is 0 Å². The number of halogens is 1. The van der Waals surface area contributed by atoms with E-state index in [1.54, 1.807) is 13.2 Å². The Bertz CT molecular complexity index is 1460. The zero-order valence-electron chi connectivity index (χ0n) is 16.7. The quantitative estimate of drug-likeness (QED) is 0.312. The maximum atomic E-state index is 12.8. The molecule has 0 saturated carbocycles. The number of H-pyrrole nitrogens is 1. The van der Waals surface area contributed by atoms with Gasteiger partial charge in [-0.05, 0) is 30.3 Å². The number of thiophene rings is 1. The van der Waals surface area contributed by atoms with Gasteiger partial charge in [-0.3, -0.25) is 4.79 Å². The highest BCUT2D eigenvalue weighted by atomic mass is 35.5. The highest BCUT2D eigenvalue weighted by Crippen LogP contribution is 2.35. The van der Waals surface area contributed by atoms with Gasteiger partial charge < -0.3 is 14.1 Å². The van der Waals surface area contributed by atoms with Gasteiger partial charge in [-0.15, -0.1) is 21.5 Å². The molecule has 2 aromatic carbocycles. The average molecular weight is 483 g/mol. The summed E-state index contributed by atoms with van der Waals surface area (Å²) in [6.07, 6.45) is 0. The summed E-state index contributed by atoms with van der Waals surface area (Å²) < 4.78 is 10.9. The van der Waals surface area contributed by atoms with Crippen molar-refractivity contribution < 1.29 is 9.15 Å². The third kappa shape index (κ3) is 4.02. The number of nitrogens with one attached hydrogen (secondary N) is 1. The van der Waals surface area contributed by atoms with E-state index in [2.05, 4.69) is 20.2 Å². The van der Waals surface area contributed by atoms with Crippen LogP contribution in [0.4, 0.5) is 0 Å². The lowest BCUT2D eigenvalue weighted by atomic mass is 10.1. The summed E-state index contributed by atoms with van der Waals surface area (Å²) in [5, 5.41) is 11.6. The molecule has 3 heterocycles. The van der Waals surface area contributed by atoms with Crippen LogP contribution in [-0.2, 0) is 5.75 Å². The molecule has 160 valence electrons. The van der Waals surface area contributed by atoms with Crippen LogP contribution in [0.1, 0.15) is 5.82 Å². The second kappa shape index (κ2) is 8.78. The first-order valence-electron chi connectivity index (χ1n) is 9.48. The van der Waals surface area contributed by atoms with Crippen molar-refractivity contribution in [1.82, 2.24) is 20.2 Å². The van der Waals surface area contributed by atoms with Crippen LogP contribution < -0.4 is 10.3 Å². The van der Waals surface area contributed by atoms with Crippen LogP contribution in [0.25, 0.3) is 32.8 Å². The highest BCUT2D eigenvalue weighted by molar-refractivity contribution is 7.98. The molecule has 5 rings (SSSR count). The normalized spacial score (nSPS) is 11.2. The van der Waals surface area contributed by atoms with Gasteiger partial charge >= 0.3 is 0 Å². The van der Waals surface area contributed by atoms with Crippen molar-refractivity contribution in [3.8, 4) is 28.3 Å². The van der Waals surface area contributed by atoms with Crippen molar-refractivity contribution >= 4 is 44.9 Å². The molecule has 0 spiro atoms. The third-order valence-electron chi connectivity index (χ3n) is 4.73. The van der Waals surface area contributed by atoms with Crippen molar-refractivity contribution in [2.24, 2.45) is 0 Å². The van der Waals surface area contributed by atoms with Crippen molar-refractivity contribution in [3.63, 3.8) is 0 Å². The topological polar surface area (TPSA) is 93.9 Å². The molecule has 5 aromatic rings. The molecule has 32 heavy (non-hydrogen) atoms. The largest absolute Gasteiger partial charge is 0.497 e. The Morgan fingerprint density at radius 1 is 1.12 bits per heavy atom. The second-order valence-electron chi connectivity index (χ2n) is 6.71. The summed E-state index contributed by atoms with van der Waals surface area (Å²) in [4.78, 5) is 20.9. The number of hydrogen-bond acceptors (Lipinski definition) is 8. The fourth-order valence-electron chi connectivity index (χ4n) is 3.19. The van der Waals surface area contributed by atoms with E-state index in [9.17, 15) is 4.79 Å². The smallest absolute Gasteiger partial charge is 0.277 e. The Morgan fingerprint density at radius 3 is 2.72 bits per heavy atom. The van der Waals surface area contributed by atoms with Crippen LogP contribution >= 0.6 is 34.7 Å². The Labute approximate surface area is 195 Å². The van der Waals surface area contributed by atoms with E-state index in [4.69, 9.17) is 20.8 Å². The summed E-state index contributed by atoms with van der Waals surface area (Å²) >= 11 is 9.03. The van der Waals surface area contributed by atoms with E-state index < -0.39 is 0 Å². The van der Waals surface area contributed by atoms with Crippen molar-refractivity contribution in [3.05, 3.63) is 75.1 Å². The number of methoxy groups -OCH3 is 1. The van der Waals surface area contributed by atoms with Gasteiger partial charge in [-0.2, -0.15) is 0 Å². The number of benzene rings is 2. The first-order chi connectivity index (χ1) is 15.6. The number of fused-ring (bicyclic) bond motifs is 1. The number of aromatic amines is 1. The Morgan fingerprint density at radius 2 is 1.94 bits per heavy atom. The minimum absolute atomic E-state index is 0.203. The van der Waals surface area contributed by atoms with Crippen molar-refractivity contribution in [1.29, 1.82) is 0 Å². The van der Waals surface area contributed by atoms with Gasteiger partial charge in [-0.25, -0.2) is 4.98 Å². The lowest BCUT2D eigenvalue weighted by Gasteiger charge is -2.03. The summed E-state index contributed by atoms with van der Waals surface area (Å²) in [5.74, 6) is 2.08. The SMILES string of the molecule is COc1ccc(-c2nnc(SCc3nc4scc(-c5ccccc5Cl)c4c(=O)[nH]3)o2)cc1. The summed E-state index contributed by atoms with van der Waals surface area (Å²) in [5.41, 5.74) is 2.19. The first kappa shape index (κ1) is 20.7. The monoisotopic (exact) mass is 482 g/mol. The standard InChI is InChI=1S/C22H15ClN4O3S2/c1-29-13-8-6-12(7-9-13)20-26-27-22(30-20)32-11-17-24-19(28)18-15(10-31-21(18)25-17)14-4-2-3-5-16(14)23/h2-10H,11H2,1H3,(H,24,25,28). The van der Waals surface area contributed by atoms with Gasteiger partial charge in [0.1, 0.15) is 16.4 Å². The zero-order valence-corrected chi connectivity index (χ0v) is 19.1. The second-order valence-corrected chi connectivity index (χ2v) is 8.90. The molecule has 3 aromatic heterocycles. The lowest BCUT2D eigenvalue weighted by Crippen LogP contribution is -2.10. The molecule has 0 amide bonds. The minimum atomic E-state index is -0.203. The molecule has 0 aliphatic rings. The molecule has 0 saturated heterocycles. The van der Waals surface area contributed by atoms with E-state index in [1.165, 1.54) is 23.1 Å². The van der Waals surface area contributed by atoms with E-state index in [0.717, 1.165) is 22.4 Å². The van der Waals surface area contributed by atoms with Gasteiger partial charge in [0.05, 0.1) is 18.2 Å². The maximum Gasteiger partial charge on any atom is 0.277 e. The molecular formula is C22H15ClN4O3S2. The number of thioether (sulfide) groups is 1. The number of hydrogen-bond donors (Lipinski definition) is 1. The first-order valence-corrected chi connectivity index (χ1v) is 11.7. The maximum absolute atomic E-state index is 12.8. The van der Waals surface area contributed by atoms with E-state index in [1.807, 2.05) is 47.8 Å². The van der Waals surface area contributed by atoms with Crippen LogP contribution in [0.3, 0.4) is 0 Å². The van der Waals surface area contributed by atoms with Crippen molar-refractivity contribution in [2.45, 2.75) is 11.0 Å². The minimum Gasteiger partial charge on any atom is -0.497 e. The van der Waals surface area contributed by atoms with Crippen LogP contribution in [0.15, 0.2) is 68.3 Å². The molecule has 0 aliphatic heterocycles. The molecular weight excluding hydrogens is 468 g/mol. The molecule has 1 N–H and O–H groups in total. The Hall–Kier alpha value is -3.14. The van der Waals surface area contributed by atoms with Crippen LogP contribution in [-0.4, -0.2) is 27.3 Å². The molecule has 0 bridgehead atoms. The number of nitrogens with zero attached hydrogens (tertiary/aromatic N) is 3. The van der Waals surface area contributed by atoms with Gasteiger partial charge in [0.15, 0.2) is 0 Å². The van der Waals surface area contributed by atoms with Crippen LogP contribution in [0.2, 0.25) is 5.02 Å². The predicted octanol–water partition coefficient (Wildman–Crippen LogP) is 5.66. The zero-order chi connectivity index (χ0) is 22.1. The number of aromatic nitrogens is 4.